The number of piperidine rings is 1. The Kier molecular flexibility index (Phi) is 7.47. The van der Waals surface area contributed by atoms with Gasteiger partial charge in [-0.15, -0.1) is 0 Å². The minimum Gasteiger partial charge on any atom is -0.450 e. The maximum Gasteiger partial charge on any atom is 0.409 e. The summed E-state index contributed by atoms with van der Waals surface area (Å²) in [5, 5.41) is 1.64. The third-order valence-electron chi connectivity index (χ3n) is 5.96. The predicted molar refractivity (Wildman–Crippen MR) is 124 cm³/mol. The van der Waals surface area contributed by atoms with Gasteiger partial charge < -0.3 is 19.4 Å². The Bertz CT molecular complexity index is 922. The topological polar surface area (TPSA) is 78.9 Å². The summed E-state index contributed by atoms with van der Waals surface area (Å²) in [5.41, 5.74) is 1.13. The first-order valence-corrected chi connectivity index (χ1v) is 12.2. The Balaban J connectivity index is 1.25. The number of ether oxygens (including phenoxy) is 1. The predicted octanol–water partition coefficient (Wildman–Crippen LogP) is 3.30. The van der Waals surface area contributed by atoms with Crippen LogP contribution in [0.3, 0.4) is 0 Å². The molecule has 172 valence electrons. The van der Waals surface area contributed by atoms with Gasteiger partial charge in [-0.3, -0.25) is 4.79 Å². The Morgan fingerprint density at radius 2 is 1.72 bits per heavy atom. The van der Waals surface area contributed by atoms with Gasteiger partial charge in [0.05, 0.1) is 6.61 Å². The van der Waals surface area contributed by atoms with Crippen LogP contribution in [-0.2, 0) is 16.0 Å². The highest BCUT2D eigenvalue weighted by Gasteiger charge is 2.32. The van der Waals surface area contributed by atoms with Crippen LogP contribution in [-0.4, -0.2) is 77.0 Å². The van der Waals surface area contributed by atoms with Crippen molar-refractivity contribution in [1.82, 2.24) is 19.2 Å². The molecule has 2 fully saturated rings. The first-order valence-electron chi connectivity index (χ1n) is 11.1. The Morgan fingerprint density at radius 3 is 2.38 bits per heavy atom. The molecule has 2 aromatic rings. The fourth-order valence-corrected chi connectivity index (χ4v) is 4.99. The standard InChI is InChI=1S/C22H28ClN5O3S/c1-2-31-22(30)28-13-11-26(12-14-28)20(29)17-7-9-27(10-8-17)21-24-19(25-32-21)15-16-3-5-18(23)6-4-16/h3-6,17H,2,7-15H2,1H3. The lowest BCUT2D eigenvalue weighted by atomic mass is 9.95. The van der Waals surface area contributed by atoms with E-state index in [4.69, 9.17) is 21.3 Å². The number of hydrogen-bond donors (Lipinski definition) is 0. The first kappa shape index (κ1) is 22.8. The lowest BCUT2D eigenvalue weighted by Gasteiger charge is -2.38. The molecule has 1 aromatic heterocycles. The molecule has 3 heterocycles. The molecule has 2 saturated heterocycles. The van der Waals surface area contributed by atoms with Crippen LogP contribution in [0.4, 0.5) is 9.93 Å². The van der Waals surface area contributed by atoms with Crippen molar-refractivity contribution in [2.45, 2.75) is 26.2 Å². The molecular formula is C22H28ClN5O3S. The fraction of sp³-hybridized carbons (Fsp3) is 0.545. The van der Waals surface area contributed by atoms with Gasteiger partial charge in [0, 0.05) is 68.2 Å². The summed E-state index contributed by atoms with van der Waals surface area (Å²) in [7, 11) is 0. The third-order valence-corrected chi connectivity index (χ3v) is 7.03. The zero-order valence-electron chi connectivity index (χ0n) is 18.2. The van der Waals surface area contributed by atoms with E-state index in [0.29, 0.717) is 39.2 Å². The SMILES string of the molecule is CCOC(=O)N1CCN(C(=O)C2CCN(c3nc(Cc4ccc(Cl)cc4)ns3)CC2)CC1. The number of piperazine rings is 1. The van der Waals surface area contributed by atoms with E-state index in [1.165, 1.54) is 11.5 Å². The summed E-state index contributed by atoms with van der Waals surface area (Å²) in [4.78, 5) is 35.3. The van der Waals surface area contributed by atoms with Crippen LogP contribution >= 0.6 is 23.1 Å². The number of hydrogen-bond acceptors (Lipinski definition) is 7. The van der Waals surface area contributed by atoms with Gasteiger partial charge in [0.15, 0.2) is 0 Å². The molecule has 1 aromatic carbocycles. The average molecular weight is 478 g/mol. The molecule has 0 saturated carbocycles. The van der Waals surface area contributed by atoms with E-state index in [-0.39, 0.29) is 17.9 Å². The van der Waals surface area contributed by atoms with Crippen LogP contribution in [0.15, 0.2) is 24.3 Å². The lowest BCUT2D eigenvalue weighted by Crippen LogP contribution is -2.53. The number of amides is 2. The molecule has 0 atom stereocenters. The van der Waals surface area contributed by atoms with Gasteiger partial charge in [-0.25, -0.2) is 9.78 Å². The van der Waals surface area contributed by atoms with Gasteiger partial charge in [0.1, 0.15) is 5.82 Å². The molecular weight excluding hydrogens is 450 g/mol. The second-order valence-corrected chi connectivity index (χ2v) is 9.24. The molecule has 0 bridgehead atoms. The molecule has 32 heavy (non-hydrogen) atoms. The van der Waals surface area contributed by atoms with Gasteiger partial charge in [-0.05, 0) is 37.5 Å². The fourth-order valence-electron chi connectivity index (χ4n) is 4.13. The van der Waals surface area contributed by atoms with Gasteiger partial charge in [0.25, 0.3) is 0 Å². The monoisotopic (exact) mass is 477 g/mol. The number of aromatic nitrogens is 2. The highest BCUT2D eigenvalue weighted by atomic mass is 35.5. The van der Waals surface area contributed by atoms with Gasteiger partial charge >= 0.3 is 6.09 Å². The third kappa shape index (κ3) is 5.50. The zero-order chi connectivity index (χ0) is 22.5. The molecule has 8 nitrogen and oxygen atoms in total. The Labute approximate surface area is 197 Å². The number of carbonyl (C=O) groups is 2. The molecule has 0 spiro atoms. The maximum atomic E-state index is 13.0. The quantitative estimate of drug-likeness (QED) is 0.657. The van der Waals surface area contributed by atoms with E-state index < -0.39 is 0 Å². The van der Waals surface area contributed by atoms with Crippen molar-refractivity contribution in [3.63, 3.8) is 0 Å². The molecule has 2 amide bonds. The zero-order valence-corrected chi connectivity index (χ0v) is 19.8. The van der Waals surface area contributed by atoms with Gasteiger partial charge in [-0.1, -0.05) is 23.7 Å². The van der Waals surface area contributed by atoms with Crippen molar-refractivity contribution in [2.75, 3.05) is 50.8 Å². The van der Waals surface area contributed by atoms with Crippen molar-refractivity contribution >= 4 is 40.3 Å². The summed E-state index contributed by atoms with van der Waals surface area (Å²) >= 11 is 7.37. The van der Waals surface area contributed by atoms with E-state index in [0.717, 1.165) is 47.5 Å². The van der Waals surface area contributed by atoms with Crippen LogP contribution in [0.5, 0.6) is 0 Å². The summed E-state index contributed by atoms with van der Waals surface area (Å²) in [6.07, 6.45) is 2.01. The Morgan fingerprint density at radius 1 is 1.06 bits per heavy atom. The van der Waals surface area contributed by atoms with Crippen LogP contribution < -0.4 is 4.90 Å². The van der Waals surface area contributed by atoms with Gasteiger partial charge in [-0.2, -0.15) is 4.37 Å². The van der Waals surface area contributed by atoms with Crippen LogP contribution in [0.2, 0.25) is 5.02 Å². The lowest BCUT2D eigenvalue weighted by molar-refractivity contribution is -0.137. The largest absolute Gasteiger partial charge is 0.450 e. The van der Waals surface area contributed by atoms with E-state index in [2.05, 4.69) is 9.27 Å². The molecule has 2 aliphatic rings. The van der Waals surface area contributed by atoms with Crippen LogP contribution in [0, 0.1) is 5.92 Å². The molecule has 4 rings (SSSR count). The highest BCUT2D eigenvalue weighted by Crippen LogP contribution is 2.27. The number of benzene rings is 1. The summed E-state index contributed by atoms with van der Waals surface area (Å²) in [6.45, 7) is 5.98. The van der Waals surface area contributed by atoms with Crippen molar-refractivity contribution < 1.29 is 14.3 Å². The first-order chi connectivity index (χ1) is 15.5. The number of nitrogens with zero attached hydrogens (tertiary/aromatic N) is 5. The summed E-state index contributed by atoms with van der Waals surface area (Å²) in [6, 6.07) is 7.74. The van der Waals surface area contributed by atoms with Gasteiger partial charge in [0.2, 0.25) is 11.0 Å². The van der Waals surface area contributed by atoms with Crippen LogP contribution in [0.1, 0.15) is 31.2 Å². The number of anilines is 1. The van der Waals surface area contributed by atoms with Crippen LogP contribution in [0.25, 0.3) is 0 Å². The molecule has 0 N–H and O–H groups in total. The second kappa shape index (κ2) is 10.5. The number of carbonyl (C=O) groups excluding carboxylic acids is 2. The molecule has 0 unspecified atom stereocenters. The van der Waals surface area contributed by atoms with Crippen molar-refractivity contribution in [2.24, 2.45) is 5.92 Å². The molecule has 2 aliphatic heterocycles. The maximum absolute atomic E-state index is 13.0. The van der Waals surface area contributed by atoms with E-state index in [9.17, 15) is 9.59 Å². The number of rotatable bonds is 5. The second-order valence-electron chi connectivity index (χ2n) is 8.07. The Hall–Kier alpha value is -2.39. The smallest absolute Gasteiger partial charge is 0.409 e. The van der Waals surface area contributed by atoms with E-state index >= 15 is 0 Å². The van der Waals surface area contributed by atoms with Crippen molar-refractivity contribution in [3.05, 3.63) is 40.7 Å². The van der Waals surface area contributed by atoms with Crippen molar-refractivity contribution in [3.8, 4) is 0 Å². The molecule has 10 heteroatoms. The normalized spacial score (nSPS) is 17.5. The molecule has 0 radical (unpaired) electrons. The minimum atomic E-state index is -0.291. The highest BCUT2D eigenvalue weighted by molar-refractivity contribution is 7.09. The van der Waals surface area contributed by atoms with E-state index in [1.807, 2.05) is 29.2 Å². The molecule has 0 aliphatic carbocycles. The number of halogens is 1. The minimum absolute atomic E-state index is 0.0295. The van der Waals surface area contributed by atoms with Crippen molar-refractivity contribution in [1.29, 1.82) is 0 Å². The summed E-state index contributed by atoms with van der Waals surface area (Å²) in [5.74, 6) is 1.04. The van der Waals surface area contributed by atoms with E-state index in [1.54, 1.807) is 11.8 Å². The summed E-state index contributed by atoms with van der Waals surface area (Å²) < 4.78 is 9.56. The average Bonchev–Trinajstić information content (AvgIpc) is 3.29.